The van der Waals surface area contributed by atoms with Gasteiger partial charge >= 0.3 is 0 Å². The number of aromatic hydroxyl groups is 1. The van der Waals surface area contributed by atoms with Crippen LogP contribution in [0.2, 0.25) is 5.02 Å². The summed E-state index contributed by atoms with van der Waals surface area (Å²) in [7, 11) is -1.96. The normalized spacial score (nSPS) is 11.3. The molecule has 1 N–H and O–H groups in total. The van der Waals surface area contributed by atoms with E-state index in [1.165, 1.54) is 18.2 Å². The van der Waals surface area contributed by atoms with Gasteiger partial charge in [0.05, 0.1) is 22.8 Å². The number of sulfone groups is 1. The van der Waals surface area contributed by atoms with Crippen LogP contribution in [0.5, 0.6) is 11.5 Å². The minimum absolute atomic E-state index is 0.0146. The predicted octanol–water partition coefficient (Wildman–Crippen LogP) is 3.03. The van der Waals surface area contributed by atoms with E-state index < -0.39 is 9.84 Å². The zero-order valence-electron chi connectivity index (χ0n) is 10.7. The van der Waals surface area contributed by atoms with Crippen molar-refractivity contribution < 1.29 is 18.3 Å². The molecule has 4 nitrogen and oxygen atoms in total. The van der Waals surface area contributed by atoms with Gasteiger partial charge in [0.2, 0.25) is 0 Å². The summed E-state index contributed by atoms with van der Waals surface area (Å²) in [6.07, 6.45) is 0. The van der Waals surface area contributed by atoms with Crippen LogP contribution in [0.1, 0.15) is 5.56 Å². The number of ether oxygens (including phenoxy) is 1. The molecule has 0 bridgehead atoms. The molecule has 0 aliphatic carbocycles. The molecule has 0 amide bonds. The monoisotopic (exact) mass is 312 g/mol. The third-order valence-corrected chi connectivity index (χ3v) is 4.78. The molecule has 0 saturated carbocycles. The van der Waals surface area contributed by atoms with Gasteiger partial charge in [-0.05, 0) is 35.9 Å². The Morgan fingerprint density at radius 1 is 1.15 bits per heavy atom. The first-order valence-electron chi connectivity index (χ1n) is 5.76. The van der Waals surface area contributed by atoms with Gasteiger partial charge in [-0.1, -0.05) is 23.7 Å². The van der Waals surface area contributed by atoms with Gasteiger partial charge < -0.3 is 9.84 Å². The van der Waals surface area contributed by atoms with Gasteiger partial charge in [-0.3, -0.25) is 0 Å². The average Bonchev–Trinajstić information content (AvgIpc) is 2.42. The number of benzene rings is 2. The van der Waals surface area contributed by atoms with Crippen LogP contribution >= 0.6 is 11.6 Å². The Labute approximate surface area is 122 Å². The highest BCUT2D eigenvalue weighted by Gasteiger charge is 2.16. The van der Waals surface area contributed by atoms with E-state index >= 15 is 0 Å². The summed E-state index contributed by atoms with van der Waals surface area (Å²) in [4.78, 5) is 0.0797. The molecule has 0 spiro atoms. The third kappa shape index (κ3) is 3.23. The van der Waals surface area contributed by atoms with Crippen molar-refractivity contribution in [2.75, 3.05) is 7.11 Å². The lowest BCUT2D eigenvalue weighted by atomic mass is 10.2. The van der Waals surface area contributed by atoms with Crippen molar-refractivity contribution in [3.8, 4) is 11.5 Å². The Kier molecular flexibility index (Phi) is 4.20. The molecule has 6 heteroatoms. The van der Waals surface area contributed by atoms with E-state index in [1.54, 1.807) is 31.4 Å². The summed E-state index contributed by atoms with van der Waals surface area (Å²) in [5.41, 5.74) is 0.648. The Morgan fingerprint density at radius 2 is 1.80 bits per heavy atom. The van der Waals surface area contributed by atoms with Crippen molar-refractivity contribution in [1.82, 2.24) is 0 Å². The van der Waals surface area contributed by atoms with E-state index in [4.69, 9.17) is 16.3 Å². The molecule has 0 radical (unpaired) electrons. The summed E-state index contributed by atoms with van der Waals surface area (Å²) >= 11 is 5.73. The highest BCUT2D eigenvalue weighted by atomic mass is 35.5. The maximum Gasteiger partial charge on any atom is 0.182 e. The lowest BCUT2D eigenvalue weighted by molar-refractivity contribution is 0.414. The van der Waals surface area contributed by atoms with Crippen LogP contribution in [-0.2, 0) is 15.6 Å². The molecule has 0 saturated heterocycles. The molecule has 0 heterocycles. The Bertz CT molecular complexity index is 708. The van der Waals surface area contributed by atoms with E-state index in [9.17, 15) is 13.5 Å². The quantitative estimate of drug-likeness (QED) is 0.942. The SMILES string of the molecule is COc1ccc(CS(=O)(=O)c2ccc(O)c(Cl)c2)cc1. The fourth-order valence-corrected chi connectivity index (χ4v) is 3.32. The third-order valence-electron chi connectivity index (χ3n) is 2.79. The van der Waals surface area contributed by atoms with E-state index in [2.05, 4.69) is 0 Å². The van der Waals surface area contributed by atoms with Gasteiger partial charge in [0.25, 0.3) is 0 Å². The molecule has 0 atom stereocenters. The smallest absolute Gasteiger partial charge is 0.182 e. The first-order valence-corrected chi connectivity index (χ1v) is 7.79. The van der Waals surface area contributed by atoms with Crippen LogP contribution in [0.25, 0.3) is 0 Å². The molecule has 2 rings (SSSR count). The van der Waals surface area contributed by atoms with E-state index in [0.29, 0.717) is 11.3 Å². The molecule has 0 aromatic heterocycles. The number of halogens is 1. The molecule has 2 aromatic rings. The topological polar surface area (TPSA) is 63.6 Å². The summed E-state index contributed by atoms with van der Waals surface area (Å²) in [6, 6.07) is 10.6. The maximum absolute atomic E-state index is 12.2. The Morgan fingerprint density at radius 3 is 2.35 bits per heavy atom. The summed E-state index contributed by atoms with van der Waals surface area (Å²) in [5.74, 6) is 0.381. The van der Waals surface area contributed by atoms with Gasteiger partial charge in [0.1, 0.15) is 11.5 Å². The van der Waals surface area contributed by atoms with Crippen LogP contribution in [-0.4, -0.2) is 20.6 Å². The largest absolute Gasteiger partial charge is 0.506 e. The Hall–Kier alpha value is -1.72. The second kappa shape index (κ2) is 5.73. The molecule has 0 aliphatic rings. The van der Waals surface area contributed by atoms with Gasteiger partial charge in [0, 0.05) is 0 Å². The summed E-state index contributed by atoms with van der Waals surface area (Å²) < 4.78 is 29.5. The first kappa shape index (κ1) is 14.7. The van der Waals surface area contributed by atoms with E-state index in [0.717, 1.165) is 0 Å². The van der Waals surface area contributed by atoms with Crippen molar-refractivity contribution in [2.45, 2.75) is 10.6 Å². The van der Waals surface area contributed by atoms with Crippen LogP contribution in [0.3, 0.4) is 0 Å². The van der Waals surface area contributed by atoms with Gasteiger partial charge in [0.15, 0.2) is 9.84 Å². The van der Waals surface area contributed by atoms with Crippen molar-refractivity contribution in [3.63, 3.8) is 0 Å². The average molecular weight is 313 g/mol. The van der Waals surface area contributed by atoms with E-state index in [1.807, 2.05) is 0 Å². The number of methoxy groups -OCH3 is 1. The molecular weight excluding hydrogens is 300 g/mol. The van der Waals surface area contributed by atoms with Crippen LogP contribution < -0.4 is 4.74 Å². The number of hydrogen-bond donors (Lipinski definition) is 1. The number of hydrogen-bond acceptors (Lipinski definition) is 4. The lowest BCUT2D eigenvalue weighted by Crippen LogP contribution is -2.05. The fraction of sp³-hybridized carbons (Fsp3) is 0.143. The lowest BCUT2D eigenvalue weighted by Gasteiger charge is -2.07. The van der Waals surface area contributed by atoms with Crippen molar-refractivity contribution in [3.05, 3.63) is 53.1 Å². The Balaban J connectivity index is 2.27. The van der Waals surface area contributed by atoms with Gasteiger partial charge in [-0.2, -0.15) is 0 Å². The predicted molar refractivity (Wildman–Crippen MR) is 77.0 cm³/mol. The standard InChI is InChI=1S/C14H13ClO4S/c1-19-11-4-2-10(3-5-11)9-20(17,18)12-6-7-14(16)13(15)8-12/h2-8,16H,9H2,1H3. The zero-order valence-corrected chi connectivity index (χ0v) is 12.3. The second-order valence-electron chi connectivity index (χ2n) is 4.22. The number of phenols is 1. The van der Waals surface area contributed by atoms with Gasteiger partial charge in [-0.15, -0.1) is 0 Å². The van der Waals surface area contributed by atoms with E-state index in [-0.39, 0.29) is 21.4 Å². The van der Waals surface area contributed by atoms with Crippen molar-refractivity contribution in [1.29, 1.82) is 0 Å². The molecule has 106 valence electrons. The zero-order chi connectivity index (χ0) is 14.8. The number of rotatable bonds is 4. The fourth-order valence-electron chi connectivity index (χ4n) is 1.71. The molecule has 2 aromatic carbocycles. The van der Waals surface area contributed by atoms with Crippen LogP contribution in [0.15, 0.2) is 47.4 Å². The maximum atomic E-state index is 12.2. The van der Waals surface area contributed by atoms with Crippen molar-refractivity contribution >= 4 is 21.4 Å². The van der Waals surface area contributed by atoms with Crippen LogP contribution in [0.4, 0.5) is 0 Å². The molecule has 0 unspecified atom stereocenters. The van der Waals surface area contributed by atoms with Crippen molar-refractivity contribution in [2.24, 2.45) is 0 Å². The summed E-state index contributed by atoms with van der Waals surface area (Å²) in [6.45, 7) is 0. The minimum Gasteiger partial charge on any atom is -0.506 e. The van der Waals surface area contributed by atoms with Crippen LogP contribution in [0, 0.1) is 0 Å². The second-order valence-corrected chi connectivity index (χ2v) is 6.62. The number of phenolic OH excluding ortho intramolecular Hbond substituents is 1. The minimum atomic E-state index is -3.51. The molecule has 0 fully saturated rings. The highest BCUT2D eigenvalue weighted by Crippen LogP contribution is 2.27. The molecule has 20 heavy (non-hydrogen) atoms. The van der Waals surface area contributed by atoms with Gasteiger partial charge in [-0.25, -0.2) is 8.42 Å². The molecular formula is C14H13ClO4S. The summed E-state index contributed by atoms with van der Waals surface area (Å²) in [5, 5.41) is 9.33. The molecule has 0 aliphatic heterocycles. The highest BCUT2D eigenvalue weighted by molar-refractivity contribution is 7.90. The first-order chi connectivity index (χ1) is 9.42.